The van der Waals surface area contributed by atoms with E-state index in [0.29, 0.717) is 6.61 Å². The molecule has 0 aromatic heterocycles. The molecule has 0 rings (SSSR count). The van der Waals surface area contributed by atoms with Gasteiger partial charge in [0.1, 0.15) is 0 Å². The molecule has 0 fully saturated rings. The Hall–Kier alpha value is -0.380. The number of esters is 1. The molecular formula is C8H19O5P. The van der Waals surface area contributed by atoms with Crippen molar-refractivity contribution in [3.63, 3.8) is 0 Å². The van der Waals surface area contributed by atoms with Crippen molar-refractivity contribution >= 4 is 14.2 Å². The minimum absolute atomic E-state index is 0.0486. The Kier molecular flexibility index (Phi) is 12.3. The molecule has 0 unspecified atom stereocenters. The Morgan fingerprint density at radius 2 is 1.64 bits per heavy atom. The van der Waals surface area contributed by atoms with Crippen LogP contribution in [0.15, 0.2) is 0 Å². The van der Waals surface area contributed by atoms with E-state index in [4.69, 9.17) is 19.1 Å². The van der Waals surface area contributed by atoms with Crippen molar-refractivity contribution < 1.29 is 23.9 Å². The molecule has 0 amide bonds. The van der Waals surface area contributed by atoms with Crippen LogP contribution in [0.2, 0.25) is 0 Å². The zero-order valence-electron chi connectivity index (χ0n) is 8.82. The molecule has 0 aliphatic rings. The molecule has 86 valence electrons. The third kappa shape index (κ3) is 11.6. The van der Waals surface area contributed by atoms with E-state index < -0.39 is 8.25 Å². The number of carbonyl (C=O) groups excluding carboxylic acids is 1. The lowest BCUT2D eigenvalue weighted by Crippen LogP contribution is -2.15. The fourth-order valence-electron chi connectivity index (χ4n) is 0.882. The third-order valence-corrected chi connectivity index (χ3v) is 1.61. The molecule has 2 N–H and O–H groups in total. The predicted molar refractivity (Wildman–Crippen MR) is 54.1 cm³/mol. The van der Waals surface area contributed by atoms with Gasteiger partial charge in [0.25, 0.3) is 0 Å². The van der Waals surface area contributed by atoms with Crippen LogP contribution >= 0.6 is 8.25 Å². The molecule has 0 saturated carbocycles. The number of hydrogen-bond acceptors (Lipinski definition) is 3. The van der Waals surface area contributed by atoms with E-state index in [-0.39, 0.29) is 11.9 Å². The summed E-state index contributed by atoms with van der Waals surface area (Å²) in [6, 6.07) is 0. The average molecular weight is 226 g/mol. The van der Waals surface area contributed by atoms with E-state index >= 15 is 0 Å². The van der Waals surface area contributed by atoms with Gasteiger partial charge in [-0.1, -0.05) is 13.8 Å². The molecule has 5 nitrogen and oxygen atoms in total. The van der Waals surface area contributed by atoms with Gasteiger partial charge in [-0.15, -0.1) is 0 Å². The van der Waals surface area contributed by atoms with Crippen molar-refractivity contribution in [3.05, 3.63) is 0 Å². The van der Waals surface area contributed by atoms with Crippen LogP contribution in [0.5, 0.6) is 0 Å². The first-order valence-corrected chi connectivity index (χ1v) is 5.88. The number of hydrogen-bond donors (Lipinski definition) is 2. The lowest BCUT2D eigenvalue weighted by Gasteiger charge is -2.09. The summed E-state index contributed by atoms with van der Waals surface area (Å²) in [4.78, 5) is 25.3. The molecule has 0 bridgehead atoms. The molecule has 0 radical (unpaired) electrons. The van der Waals surface area contributed by atoms with Crippen LogP contribution in [0.3, 0.4) is 0 Å². The fourth-order valence-corrected chi connectivity index (χ4v) is 0.882. The number of rotatable bonds is 4. The maximum atomic E-state index is 11.0. The molecule has 0 aromatic rings. The van der Waals surface area contributed by atoms with Gasteiger partial charge in [-0.3, -0.25) is 9.36 Å². The third-order valence-electron chi connectivity index (χ3n) is 1.61. The first-order chi connectivity index (χ1) is 6.49. The van der Waals surface area contributed by atoms with Crippen molar-refractivity contribution in [3.8, 4) is 0 Å². The number of ether oxygens (including phenoxy) is 1. The van der Waals surface area contributed by atoms with E-state index in [1.165, 1.54) is 0 Å². The summed E-state index contributed by atoms with van der Waals surface area (Å²) in [5, 5.41) is 0. The largest absolute Gasteiger partial charge is 0.466 e. The van der Waals surface area contributed by atoms with Crippen LogP contribution in [0.4, 0.5) is 0 Å². The zero-order chi connectivity index (χ0) is 11.6. The summed E-state index contributed by atoms with van der Waals surface area (Å²) in [5.74, 6) is 0.0625. The molecule has 0 aliphatic carbocycles. The lowest BCUT2D eigenvalue weighted by molar-refractivity contribution is -0.148. The van der Waals surface area contributed by atoms with Gasteiger partial charge in [-0.2, -0.15) is 0 Å². The quantitative estimate of drug-likeness (QED) is 0.558. The highest BCUT2D eigenvalue weighted by Crippen LogP contribution is 2.08. The summed E-state index contributed by atoms with van der Waals surface area (Å²) >= 11 is 0. The first-order valence-electron chi connectivity index (χ1n) is 4.57. The SMILES string of the molecule is CCOC(=O)C(CC)CC.O=[PH](O)O. The summed E-state index contributed by atoms with van der Waals surface area (Å²) in [6.07, 6.45) is 1.77. The van der Waals surface area contributed by atoms with E-state index in [2.05, 4.69) is 0 Å². The van der Waals surface area contributed by atoms with E-state index in [1.807, 2.05) is 20.8 Å². The molecule has 0 atom stereocenters. The first kappa shape index (κ1) is 16.1. The average Bonchev–Trinajstić information content (AvgIpc) is 2.06. The highest BCUT2D eigenvalue weighted by Gasteiger charge is 2.13. The Morgan fingerprint density at radius 1 is 1.29 bits per heavy atom. The van der Waals surface area contributed by atoms with Gasteiger partial charge in [0, 0.05) is 0 Å². The summed E-state index contributed by atoms with van der Waals surface area (Å²) in [7, 11) is -3.13. The van der Waals surface area contributed by atoms with Crippen molar-refractivity contribution in [2.45, 2.75) is 33.6 Å². The highest BCUT2D eigenvalue weighted by atomic mass is 31.1. The summed E-state index contributed by atoms with van der Waals surface area (Å²) in [5.41, 5.74) is 0. The number of carbonyl (C=O) groups is 1. The van der Waals surface area contributed by atoms with Gasteiger partial charge in [-0.05, 0) is 19.8 Å². The monoisotopic (exact) mass is 226 g/mol. The van der Waals surface area contributed by atoms with Gasteiger partial charge >= 0.3 is 14.2 Å². The van der Waals surface area contributed by atoms with Crippen LogP contribution in [0.25, 0.3) is 0 Å². The van der Waals surface area contributed by atoms with Gasteiger partial charge < -0.3 is 14.5 Å². The molecule has 0 aliphatic heterocycles. The molecule has 0 heterocycles. The summed E-state index contributed by atoms with van der Waals surface area (Å²) in [6.45, 7) is 6.34. The topological polar surface area (TPSA) is 83.8 Å². The Morgan fingerprint density at radius 3 is 1.86 bits per heavy atom. The van der Waals surface area contributed by atoms with Crippen molar-refractivity contribution in [1.82, 2.24) is 0 Å². The minimum Gasteiger partial charge on any atom is -0.466 e. The molecule has 0 aromatic carbocycles. The standard InChI is InChI=1S/C8H16O2.H3O3P/c1-4-7(5-2)8(9)10-6-3;1-4(2)3/h7H,4-6H2,1-3H3;4H,(H2,1,2,3). The van der Waals surface area contributed by atoms with Crippen LogP contribution in [-0.4, -0.2) is 22.4 Å². The Balaban J connectivity index is 0. The van der Waals surface area contributed by atoms with Gasteiger partial charge in [0.2, 0.25) is 0 Å². The normalized spacial score (nSPS) is 9.64. The molecule has 14 heavy (non-hydrogen) atoms. The predicted octanol–water partition coefficient (Wildman–Crippen LogP) is 1.35. The van der Waals surface area contributed by atoms with Crippen LogP contribution < -0.4 is 0 Å². The Bertz CT molecular complexity index is 163. The highest BCUT2D eigenvalue weighted by molar-refractivity contribution is 7.30. The second-order valence-electron chi connectivity index (χ2n) is 2.55. The second-order valence-corrected chi connectivity index (χ2v) is 3.11. The lowest BCUT2D eigenvalue weighted by atomic mass is 10.0. The van der Waals surface area contributed by atoms with Crippen LogP contribution in [0, 0.1) is 5.92 Å². The van der Waals surface area contributed by atoms with Crippen LogP contribution in [-0.2, 0) is 14.1 Å². The summed E-state index contributed by atoms with van der Waals surface area (Å²) < 4.78 is 13.6. The maximum absolute atomic E-state index is 11.0. The smallest absolute Gasteiger partial charge is 0.314 e. The Labute approximate surface area is 85.0 Å². The minimum atomic E-state index is -3.13. The molecule has 6 heteroatoms. The van der Waals surface area contributed by atoms with E-state index in [9.17, 15) is 4.79 Å². The molecule has 0 saturated heterocycles. The fraction of sp³-hybridized carbons (Fsp3) is 0.875. The van der Waals surface area contributed by atoms with Crippen molar-refractivity contribution in [2.75, 3.05) is 6.61 Å². The maximum Gasteiger partial charge on any atom is 0.314 e. The van der Waals surface area contributed by atoms with Gasteiger partial charge in [-0.25, -0.2) is 0 Å². The van der Waals surface area contributed by atoms with Crippen molar-refractivity contribution in [2.24, 2.45) is 5.92 Å². The van der Waals surface area contributed by atoms with Gasteiger partial charge in [0.15, 0.2) is 0 Å². The van der Waals surface area contributed by atoms with Crippen molar-refractivity contribution in [1.29, 1.82) is 0 Å². The molecule has 0 spiro atoms. The molecular weight excluding hydrogens is 207 g/mol. The second kappa shape index (κ2) is 10.7. The van der Waals surface area contributed by atoms with E-state index in [0.717, 1.165) is 12.8 Å². The van der Waals surface area contributed by atoms with Gasteiger partial charge in [0.05, 0.1) is 12.5 Å². The van der Waals surface area contributed by atoms with Crippen LogP contribution in [0.1, 0.15) is 33.6 Å². The zero-order valence-corrected chi connectivity index (χ0v) is 9.82. The van der Waals surface area contributed by atoms with E-state index in [1.54, 1.807) is 0 Å².